The summed E-state index contributed by atoms with van der Waals surface area (Å²) in [5.74, 6) is 0. The van der Waals surface area contributed by atoms with E-state index in [4.69, 9.17) is 0 Å². The molecule has 0 aromatic carbocycles. The van der Waals surface area contributed by atoms with Crippen LogP contribution in [0, 0.1) is 0 Å². The summed E-state index contributed by atoms with van der Waals surface area (Å²) < 4.78 is 1.20. The second-order valence-electron chi connectivity index (χ2n) is 2.58. The predicted octanol–water partition coefficient (Wildman–Crippen LogP) is 4.42. The highest BCUT2D eigenvalue weighted by atomic mass is 79.9. The Bertz CT molecular complexity index is 134. The van der Waals surface area contributed by atoms with Crippen molar-refractivity contribution in [3.8, 4) is 0 Å². The van der Waals surface area contributed by atoms with Crippen LogP contribution >= 0.6 is 15.9 Å². The van der Waals surface area contributed by atoms with E-state index >= 15 is 0 Å². The lowest BCUT2D eigenvalue weighted by Gasteiger charge is -1.92. The van der Waals surface area contributed by atoms with Gasteiger partial charge in [-0.05, 0) is 19.8 Å². The van der Waals surface area contributed by atoms with E-state index in [1.54, 1.807) is 0 Å². The van der Waals surface area contributed by atoms with Crippen LogP contribution in [-0.4, -0.2) is 0 Å². The minimum absolute atomic E-state index is 1.19. The average Bonchev–Trinajstić information content (AvgIpc) is 1.99. The van der Waals surface area contributed by atoms with Gasteiger partial charge in [0.05, 0.1) is 0 Å². The summed E-state index contributed by atoms with van der Waals surface area (Å²) in [6.07, 6.45) is 11.5. The van der Waals surface area contributed by atoms with Crippen molar-refractivity contribution in [1.82, 2.24) is 0 Å². The van der Waals surface area contributed by atoms with Crippen LogP contribution in [0.3, 0.4) is 0 Å². The van der Waals surface area contributed by atoms with Crippen LogP contribution in [0.4, 0.5) is 0 Å². The highest BCUT2D eigenvalue weighted by molar-refractivity contribution is 9.11. The average molecular weight is 217 g/mol. The Kier molecular flexibility index (Phi) is 8.03. The number of halogens is 1. The molecule has 0 saturated carbocycles. The van der Waals surface area contributed by atoms with Gasteiger partial charge < -0.3 is 0 Å². The highest BCUT2D eigenvalue weighted by Gasteiger charge is 1.84. The summed E-state index contributed by atoms with van der Waals surface area (Å²) in [4.78, 5) is 0. The fraction of sp³-hybridized carbons (Fsp3) is 0.600. The zero-order valence-electron chi connectivity index (χ0n) is 7.44. The summed E-state index contributed by atoms with van der Waals surface area (Å²) in [6.45, 7) is 4.26. The molecule has 0 aliphatic heterocycles. The molecule has 0 unspecified atom stereocenters. The van der Waals surface area contributed by atoms with Gasteiger partial charge in [0.1, 0.15) is 0 Å². The molecule has 64 valence electrons. The van der Waals surface area contributed by atoms with E-state index < -0.39 is 0 Å². The van der Waals surface area contributed by atoms with Crippen molar-refractivity contribution >= 4 is 15.9 Å². The lowest BCUT2D eigenvalue weighted by Crippen LogP contribution is -1.71. The van der Waals surface area contributed by atoms with Crippen LogP contribution in [0.25, 0.3) is 0 Å². The van der Waals surface area contributed by atoms with Crippen molar-refractivity contribution < 1.29 is 0 Å². The van der Waals surface area contributed by atoms with Gasteiger partial charge in [-0.3, -0.25) is 0 Å². The third kappa shape index (κ3) is 7.86. The van der Waals surface area contributed by atoms with E-state index in [1.165, 1.54) is 30.2 Å². The van der Waals surface area contributed by atoms with Gasteiger partial charge >= 0.3 is 0 Å². The Morgan fingerprint density at radius 3 is 2.64 bits per heavy atom. The molecule has 0 heterocycles. The molecule has 0 fully saturated rings. The molecule has 11 heavy (non-hydrogen) atoms. The molecular formula is C10H17Br. The first kappa shape index (κ1) is 11.0. The Morgan fingerprint density at radius 1 is 1.36 bits per heavy atom. The summed E-state index contributed by atoms with van der Waals surface area (Å²) in [6, 6.07) is 0. The van der Waals surface area contributed by atoms with Gasteiger partial charge in [0.25, 0.3) is 0 Å². The van der Waals surface area contributed by atoms with E-state index in [0.29, 0.717) is 0 Å². The molecule has 0 bridgehead atoms. The molecule has 0 atom stereocenters. The smallest absolute Gasteiger partial charge is 0.0132 e. The van der Waals surface area contributed by atoms with Crippen LogP contribution in [0.15, 0.2) is 22.7 Å². The van der Waals surface area contributed by atoms with Crippen molar-refractivity contribution in [1.29, 1.82) is 0 Å². The standard InChI is InChI=1S/C10H17Br/c1-3-5-6-7-9-10(11)8-4-2/h4,8-9H,3,5-7H2,1-2H3/b8-4+,10-9+. The monoisotopic (exact) mass is 216 g/mol. The number of allylic oxidation sites excluding steroid dienone is 4. The quantitative estimate of drug-likeness (QED) is 0.472. The first-order valence-corrected chi connectivity index (χ1v) is 5.09. The van der Waals surface area contributed by atoms with Gasteiger partial charge in [-0.2, -0.15) is 0 Å². The Labute approximate surface area is 78.5 Å². The number of unbranched alkanes of at least 4 members (excludes halogenated alkanes) is 3. The predicted molar refractivity (Wildman–Crippen MR) is 56.0 cm³/mol. The minimum Gasteiger partial charge on any atom is -0.0866 e. The Morgan fingerprint density at radius 2 is 2.09 bits per heavy atom. The third-order valence-electron chi connectivity index (χ3n) is 1.47. The van der Waals surface area contributed by atoms with Crippen molar-refractivity contribution in [2.24, 2.45) is 0 Å². The molecule has 0 aliphatic carbocycles. The lowest BCUT2D eigenvalue weighted by molar-refractivity contribution is 0.729. The second-order valence-corrected chi connectivity index (χ2v) is 3.50. The maximum atomic E-state index is 3.46. The second kappa shape index (κ2) is 8.06. The van der Waals surface area contributed by atoms with Gasteiger partial charge in [0, 0.05) is 4.48 Å². The summed E-state index contributed by atoms with van der Waals surface area (Å²) in [5.41, 5.74) is 0. The van der Waals surface area contributed by atoms with E-state index in [2.05, 4.69) is 35.0 Å². The minimum atomic E-state index is 1.19. The SMILES string of the molecule is C/C=C/C(Br)=C\CCCCC. The fourth-order valence-corrected chi connectivity index (χ4v) is 1.35. The Hall–Kier alpha value is -0.0400. The maximum Gasteiger partial charge on any atom is 0.0132 e. The zero-order valence-corrected chi connectivity index (χ0v) is 9.02. The van der Waals surface area contributed by atoms with Crippen LogP contribution < -0.4 is 0 Å². The van der Waals surface area contributed by atoms with Gasteiger partial charge in [0.2, 0.25) is 0 Å². The van der Waals surface area contributed by atoms with Crippen LogP contribution in [0.5, 0.6) is 0 Å². The summed E-state index contributed by atoms with van der Waals surface area (Å²) in [5, 5.41) is 0. The van der Waals surface area contributed by atoms with Gasteiger partial charge in [-0.25, -0.2) is 0 Å². The molecule has 0 amide bonds. The van der Waals surface area contributed by atoms with Crippen molar-refractivity contribution in [2.45, 2.75) is 39.5 Å². The molecule has 0 aromatic heterocycles. The molecule has 1 heteroatoms. The lowest BCUT2D eigenvalue weighted by atomic mass is 10.2. The molecule has 0 aromatic rings. The molecule has 0 N–H and O–H groups in total. The van der Waals surface area contributed by atoms with Crippen molar-refractivity contribution in [2.75, 3.05) is 0 Å². The molecule has 0 rings (SSSR count). The summed E-state index contributed by atoms with van der Waals surface area (Å²) in [7, 11) is 0. The molecule has 0 nitrogen and oxygen atoms in total. The molecule has 0 spiro atoms. The van der Waals surface area contributed by atoms with Gasteiger partial charge in [0.15, 0.2) is 0 Å². The van der Waals surface area contributed by atoms with Crippen molar-refractivity contribution in [3.63, 3.8) is 0 Å². The first-order valence-electron chi connectivity index (χ1n) is 4.29. The van der Waals surface area contributed by atoms with Crippen molar-refractivity contribution in [3.05, 3.63) is 22.7 Å². The number of hydrogen-bond acceptors (Lipinski definition) is 0. The van der Waals surface area contributed by atoms with Gasteiger partial charge in [-0.15, -0.1) is 0 Å². The summed E-state index contributed by atoms with van der Waals surface area (Å²) >= 11 is 3.46. The van der Waals surface area contributed by atoms with Crippen LogP contribution in [-0.2, 0) is 0 Å². The highest BCUT2D eigenvalue weighted by Crippen LogP contribution is 2.10. The molecule has 0 saturated heterocycles. The van der Waals surface area contributed by atoms with E-state index in [-0.39, 0.29) is 0 Å². The maximum absolute atomic E-state index is 3.46. The normalized spacial score (nSPS) is 12.8. The third-order valence-corrected chi connectivity index (χ3v) is 2.06. The number of hydrogen-bond donors (Lipinski definition) is 0. The molecular weight excluding hydrogens is 200 g/mol. The zero-order chi connectivity index (χ0) is 8.53. The largest absolute Gasteiger partial charge is 0.0866 e. The van der Waals surface area contributed by atoms with Gasteiger partial charge in [-0.1, -0.05) is 53.9 Å². The fourth-order valence-electron chi connectivity index (χ4n) is 0.862. The van der Waals surface area contributed by atoms with Crippen LogP contribution in [0.1, 0.15) is 39.5 Å². The van der Waals surface area contributed by atoms with E-state index in [1.807, 2.05) is 13.0 Å². The first-order chi connectivity index (χ1) is 5.31. The topological polar surface area (TPSA) is 0 Å². The molecule has 0 radical (unpaired) electrons. The number of rotatable bonds is 5. The van der Waals surface area contributed by atoms with Crippen LogP contribution in [0.2, 0.25) is 0 Å². The van der Waals surface area contributed by atoms with E-state index in [9.17, 15) is 0 Å². The van der Waals surface area contributed by atoms with E-state index in [0.717, 1.165) is 0 Å². The Balaban J connectivity index is 3.40. The molecule has 0 aliphatic rings.